The van der Waals surface area contributed by atoms with Crippen LogP contribution in [0.5, 0.6) is 0 Å². The Bertz CT molecular complexity index is 528. The summed E-state index contributed by atoms with van der Waals surface area (Å²) in [5, 5.41) is 0. The summed E-state index contributed by atoms with van der Waals surface area (Å²) in [7, 11) is -1.05. The molecule has 10 heteroatoms. The fourth-order valence-electron chi connectivity index (χ4n) is 2.05. The van der Waals surface area contributed by atoms with Gasteiger partial charge in [-0.2, -0.15) is 0 Å². The smallest absolute Gasteiger partial charge is 0.303 e. The molecule has 4 atom stereocenters. The Balaban J connectivity index is 5.94. The maximum absolute atomic E-state index is 11.6. The summed E-state index contributed by atoms with van der Waals surface area (Å²) in [5.41, 5.74) is 0. The number of ether oxygens (including phenoxy) is 6. The first-order chi connectivity index (χ1) is 13.1. The molecule has 0 heterocycles. The molecule has 0 unspecified atom stereocenters. The van der Waals surface area contributed by atoms with Crippen LogP contribution in [0.15, 0.2) is 0 Å². The van der Waals surface area contributed by atoms with Crippen molar-refractivity contribution in [3.05, 3.63) is 0 Å². The van der Waals surface area contributed by atoms with Crippen LogP contribution in [0.3, 0.4) is 0 Å². The minimum Gasteiger partial charge on any atom is -0.463 e. The van der Waals surface area contributed by atoms with Gasteiger partial charge in [-0.25, -0.2) is 0 Å². The second kappa shape index (κ2) is 12.2. The summed E-state index contributed by atoms with van der Waals surface area (Å²) in [5.74, 6) is -2.97. The predicted octanol–water partition coefficient (Wildman–Crippen LogP) is 0.00600. The molecule has 0 amide bonds. The number of hydrogen-bond donors (Lipinski definition) is 0. The van der Waals surface area contributed by atoms with Gasteiger partial charge in [0, 0.05) is 41.9 Å². The predicted molar refractivity (Wildman–Crippen MR) is 86.0 cm³/mol. The molecule has 0 fully saturated rings. The molecule has 10 nitrogen and oxygen atoms in total. The van der Waals surface area contributed by atoms with Crippen LogP contribution in [0.1, 0.15) is 30.4 Å². The van der Waals surface area contributed by atoms with Crippen LogP contribution >= 0.6 is 0 Å². The third kappa shape index (κ3) is 9.33. The van der Waals surface area contributed by atoms with E-state index in [1.54, 1.807) is 0 Å². The first kappa shape index (κ1) is 20.1. The Morgan fingerprint density at radius 2 is 1.27 bits per heavy atom. The van der Waals surface area contributed by atoms with Crippen molar-refractivity contribution in [2.24, 2.45) is 0 Å². The summed E-state index contributed by atoms with van der Waals surface area (Å²) < 4.78 is 44.8. The van der Waals surface area contributed by atoms with Gasteiger partial charge in [0.1, 0.15) is 12.7 Å². The van der Waals surface area contributed by atoms with E-state index in [2.05, 4.69) is 0 Å². The van der Waals surface area contributed by atoms with E-state index >= 15 is 0 Å². The van der Waals surface area contributed by atoms with Gasteiger partial charge < -0.3 is 28.4 Å². The molecular formula is C16H26O10. The lowest BCUT2D eigenvalue weighted by atomic mass is 10.0. The normalized spacial score (nSPS) is 16.2. The van der Waals surface area contributed by atoms with Crippen molar-refractivity contribution in [3.63, 3.8) is 0 Å². The van der Waals surface area contributed by atoms with Crippen LogP contribution in [0.4, 0.5) is 0 Å². The molecule has 26 heavy (non-hydrogen) atoms. The Kier molecular flexibility index (Phi) is 9.44. The molecule has 0 aliphatic rings. The molecule has 0 aromatic heterocycles. The molecule has 0 bridgehead atoms. The monoisotopic (exact) mass is 380 g/mol. The minimum atomic E-state index is -1.41. The Morgan fingerprint density at radius 1 is 0.731 bits per heavy atom. The molecule has 0 rings (SSSR count). The van der Waals surface area contributed by atoms with E-state index in [0.717, 1.165) is 27.7 Å². The Morgan fingerprint density at radius 3 is 1.69 bits per heavy atom. The minimum absolute atomic E-state index is 0.347. The molecule has 0 aliphatic carbocycles. The van der Waals surface area contributed by atoms with Gasteiger partial charge >= 0.3 is 23.9 Å². The first-order valence-electron chi connectivity index (χ1n) is 8.96. The van der Waals surface area contributed by atoms with E-state index < -0.39 is 69.1 Å². The Labute approximate surface area is 154 Å². The molecule has 0 aromatic carbocycles. The lowest BCUT2D eigenvalue weighted by molar-refractivity contribution is -0.202. The van der Waals surface area contributed by atoms with Crippen molar-refractivity contribution in [1.82, 2.24) is 0 Å². The highest BCUT2D eigenvalue weighted by molar-refractivity contribution is 5.68. The van der Waals surface area contributed by atoms with E-state index in [1.807, 2.05) is 0 Å². The molecule has 0 saturated heterocycles. The summed E-state index contributed by atoms with van der Waals surface area (Å²) in [6, 6.07) is 0. The van der Waals surface area contributed by atoms with Crippen LogP contribution in [0.25, 0.3) is 0 Å². The zero-order chi connectivity index (χ0) is 21.7. The molecular weight excluding hydrogens is 352 g/mol. The molecule has 150 valence electrons. The van der Waals surface area contributed by atoms with E-state index in [-0.39, 0.29) is 6.61 Å². The van der Waals surface area contributed by atoms with Crippen molar-refractivity contribution < 1.29 is 50.3 Å². The van der Waals surface area contributed by atoms with Crippen LogP contribution in [0, 0.1) is 0 Å². The van der Waals surface area contributed by atoms with Gasteiger partial charge in [-0.3, -0.25) is 19.2 Å². The summed E-state index contributed by atoms with van der Waals surface area (Å²) >= 11 is 0. The molecule has 0 N–H and O–H groups in total. The zero-order valence-electron chi connectivity index (χ0n) is 17.2. The van der Waals surface area contributed by atoms with Crippen molar-refractivity contribution in [1.29, 1.82) is 0 Å². The molecule has 0 aromatic rings. The highest BCUT2D eigenvalue weighted by Crippen LogP contribution is 2.19. The van der Waals surface area contributed by atoms with Crippen LogP contribution in [-0.2, 0) is 47.6 Å². The molecule has 0 spiro atoms. The standard InChI is InChI=1S/C16H26O10/c1-9(17)23-8-13(22-6)15(25-11(3)19)16(26-12(4)20)14(7-21-5)24-10(2)18/h13-16H,7-8H2,1-6H3/t13-,14+,15+,16+/m0/s1/i5D,6D. The second-order valence-corrected chi connectivity index (χ2v) is 5.17. The number of carbonyl (C=O) groups is 4. The number of esters is 4. The van der Waals surface area contributed by atoms with Gasteiger partial charge in [-0.15, -0.1) is 0 Å². The Hall–Kier alpha value is -2.20. The fraction of sp³-hybridized carbons (Fsp3) is 0.750. The van der Waals surface area contributed by atoms with Crippen molar-refractivity contribution in [3.8, 4) is 0 Å². The zero-order valence-corrected chi connectivity index (χ0v) is 15.2. The van der Waals surface area contributed by atoms with Crippen LogP contribution in [-0.4, -0.2) is 75.7 Å². The van der Waals surface area contributed by atoms with Crippen molar-refractivity contribution in [2.45, 2.75) is 52.1 Å². The largest absolute Gasteiger partial charge is 0.463 e. The van der Waals surface area contributed by atoms with Gasteiger partial charge in [0.25, 0.3) is 0 Å². The third-order valence-corrected chi connectivity index (χ3v) is 2.93. The van der Waals surface area contributed by atoms with Crippen LogP contribution < -0.4 is 0 Å². The van der Waals surface area contributed by atoms with Gasteiger partial charge in [0.05, 0.1) is 9.35 Å². The van der Waals surface area contributed by atoms with E-state index in [4.69, 9.17) is 31.2 Å². The highest BCUT2D eigenvalue weighted by atomic mass is 16.6. The van der Waals surface area contributed by atoms with Crippen molar-refractivity contribution in [2.75, 3.05) is 27.4 Å². The summed E-state index contributed by atoms with van der Waals surface area (Å²) in [6.45, 7) is 3.65. The van der Waals surface area contributed by atoms with Gasteiger partial charge in [-0.05, 0) is 0 Å². The average Bonchev–Trinajstić information content (AvgIpc) is 2.57. The SMILES string of the molecule is [2H]COC[C@@H](OC(C)=O)[C@@H](OC(C)=O)[C@H](OC(C)=O)[C@H](COC(C)=O)OC[2H]. The quantitative estimate of drug-likeness (QED) is 0.357. The van der Waals surface area contributed by atoms with Crippen molar-refractivity contribution >= 4 is 23.9 Å². The fourth-order valence-corrected chi connectivity index (χ4v) is 2.05. The van der Waals surface area contributed by atoms with Crippen LogP contribution in [0.2, 0.25) is 0 Å². The maximum Gasteiger partial charge on any atom is 0.303 e. The maximum atomic E-state index is 11.6. The first-order valence-corrected chi connectivity index (χ1v) is 7.55. The van der Waals surface area contributed by atoms with Gasteiger partial charge in [0.2, 0.25) is 0 Å². The lowest BCUT2D eigenvalue weighted by Crippen LogP contribution is -2.53. The van der Waals surface area contributed by atoms with E-state index in [9.17, 15) is 19.2 Å². The number of rotatable bonds is 11. The summed E-state index contributed by atoms with van der Waals surface area (Å²) in [6.07, 6.45) is -5.28. The van der Waals surface area contributed by atoms with E-state index in [1.165, 1.54) is 0 Å². The van der Waals surface area contributed by atoms with Gasteiger partial charge in [-0.1, -0.05) is 0 Å². The number of carbonyl (C=O) groups excluding carboxylic acids is 4. The lowest BCUT2D eigenvalue weighted by Gasteiger charge is -2.35. The topological polar surface area (TPSA) is 124 Å². The molecule has 0 aliphatic heterocycles. The second-order valence-electron chi connectivity index (χ2n) is 5.17. The third-order valence-electron chi connectivity index (χ3n) is 2.93. The van der Waals surface area contributed by atoms with Gasteiger partial charge in [0.15, 0.2) is 18.3 Å². The molecule has 0 radical (unpaired) electrons. The summed E-state index contributed by atoms with van der Waals surface area (Å²) in [4.78, 5) is 45.8. The highest BCUT2D eigenvalue weighted by Gasteiger charge is 2.42. The number of methoxy groups -OCH3 is 2. The average molecular weight is 380 g/mol. The number of hydrogen-bond acceptors (Lipinski definition) is 10. The molecule has 0 saturated carbocycles. The van der Waals surface area contributed by atoms with E-state index in [0.29, 0.717) is 0 Å².